The number of thiazole rings is 1. The monoisotopic (exact) mass is 386 g/mol. The van der Waals surface area contributed by atoms with E-state index in [2.05, 4.69) is 11.8 Å². The van der Waals surface area contributed by atoms with Crippen LogP contribution in [0.5, 0.6) is 0 Å². The third-order valence-electron chi connectivity index (χ3n) is 5.86. The molecule has 0 aliphatic carbocycles. The Morgan fingerprint density at radius 1 is 1.11 bits per heavy atom. The van der Waals surface area contributed by atoms with E-state index in [0.29, 0.717) is 31.5 Å². The number of nitrogens with two attached hydrogens (primary N) is 1. The van der Waals surface area contributed by atoms with Gasteiger partial charge in [0, 0.05) is 37.7 Å². The van der Waals surface area contributed by atoms with Crippen molar-refractivity contribution in [2.24, 2.45) is 17.6 Å². The van der Waals surface area contributed by atoms with E-state index in [9.17, 15) is 9.59 Å². The summed E-state index contributed by atoms with van der Waals surface area (Å²) in [5.41, 5.74) is 7.03. The van der Waals surface area contributed by atoms with Crippen LogP contribution in [0.15, 0.2) is 18.2 Å². The molecular formula is C20H26N4O2S. The third-order valence-corrected chi connectivity index (χ3v) is 6.94. The highest BCUT2D eigenvalue weighted by molar-refractivity contribution is 7.22. The van der Waals surface area contributed by atoms with Crippen molar-refractivity contribution in [2.45, 2.75) is 32.6 Å². The van der Waals surface area contributed by atoms with Crippen molar-refractivity contribution >= 4 is 38.5 Å². The van der Waals surface area contributed by atoms with Gasteiger partial charge in [-0.05, 0) is 49.8 Å². The van der Waals surface area contributed by atoms with Crippen LogP contribution in [0.2, 0.25) is 0 Å². The number of hydrogen-bond acceptors (Lipinski definition) is 5. The Morgan fingerprint density at radius 3 is 2.48 bits per heavy atom. The van der Waals surface area contributed by atoms with E-state index in [1.165, 1.54) is 12.8 Å². The summed E-state index contributed by atoms with van der Waals surface area (Å²) in [5, 5.41) is 1.06. The van der Waals surface area contributed by atoms with Crippen LogP contribution in [0.3, 0.4) is 0 Å². The van der Waals surface area contributed by atoms with Gasteiger partial charge in [0.2, 0.25) is 5.91 Å². The molecule has 0 radical (unpaired) electrons. The van der Waals surface area contributed by atoms with Crippen molar-refractivity contribution in [1.29, 1.82) is 0 Å². The number of likely N-dealkylation sites (tertiary alicyclic amines) is 1. The van der Waals surface area contributed by atoms with E-state index in [0.717, 1.165) is 34.4 Å². The zero-order valence-electron chi connectivity index (χ0n) is 15.7. The van der Waals surface area contributed by atoms with Gasteiger partial charge in [0.1, 0.15) is 0 Å². The van der Waals surface area contributed by atoms with Crippen LogP contribution in [0, 0.1) is 11.8 Å². The normalized spacial score (nSPS) is 19.6. The van der Waals surface area contributed by atoms with E-state index in [4.69, 9.17) is 10.7 Å². The number of hydrogen-bond donors (Lipinski definition) is 1. The Balaban J connectivity index is 1.48. The summed E-state index contributed by atoms with van der Waals surface area (Å²) in [6, 6.07) is 5.78. The Morgan fingerprint density at radius 2 is 1.81 bits per heavy atom. The Bertz CT molecular complexity index is 849. The van der Waals surface area contributed by atoms with Gasteiger partial charge in [-0.25, -0.2) is 4.98 Å². The average Bonchev–Trinajstić information content (AvgIpc) is 3.11. The smallest absolute Gasteiger partial charge is 0.253 e. The van der Waals surface area contributed by atoms with E-state index in [1.807, 2.05) is 23.1 Å². The molecule has 0 bridgehead atoms. The maximum Gasteiger partial charge on any atom is 0.253 e. The molecule has 0 spiro atoms. The molecule has 2 aliphatic rings. The molecule has 2 aromatic rings. The molecule has 2 aliphatic heterocycles. The first-order valence-electron chi connectivity index (χ1n) is 9.75. The summed E-state index contributed by atoms with van der Waals surface area (Å²) >= 11 is 1.67. The van der Waals surface area contributed by atoms with Crippen LogP contribution < -0.4 is 10.6 Å². The zero-order chi connectivity index (χ0) is 19.0. The number of amides is 2. The highest BCUT2D eigenvalue weighted by atomic mass is 32.1. The molecule has 2 fully saturated rings. The summed E-state index contributed by atoms with van der Waals surface area (Å²) in [5.74, 6) is 0.459. The Hall–Kier alpha value is -2.15. The van der Waals surface area contributed by atoms with Gasteiger partial charge in [-0.1, -0.05) is 18.3 Å². The molecule has 144 valence electrons. The summed E-state index contributed by atoms with van der Waals surface area (Å²) in [4.78, 5) is 33.1. The number of benzene rings is 1. The van der Waals surface area contributed by atoms with E-state index in [1.54, 1.807) is 11.3 Å². The fourth-order valence-electron chi connectivity index (χ4n) is 3.93. The minimum Gasteiger partial charge on any atom is -0.369 e. The first-order valence-corrected chi connectivity index (χ1v) is 10.6. The number of anilines is 1. The molecular weight excluding hydrogens is 360 g/mol. The second kappa shape index (κ2) is 7.46. The SMILES string of the molecule is CC1CCN(c2nc3ccc(C(=O)N4CCC(C(N)=O)CC4)cc3s2)CC1. The van der Waals surface area contributed by atoms with Crippen LogP contribution in [0.25, 0.3) is 10.2 Å². The predicted octanol–water partition coefficient (Wildman–Crippen LogP) is 2.87. The van der Waals surface area contributed by atoms with Gasteiger partial charge >= 0.3 is 0 Å². The van der Waals surface area contributed by atoms with Gasteiger partial charge in [0.25, 0.3) is 5.91 Å². The topological polar surface area (TPSA) is 79.5 Å². The summed E-state index contributed by atoms with van der Waals surface area (Å²) in [6.45, 7) is 5.59. The molecule has 1 aromatic heterocycles. The number of carbonyl (C=O) groups excluding carboxylic acids is 2. The Labute approximate surface area is 163 Å². The maximum atomic E-state index is 12.8. The number of fused-ring (bicyclic) bond motifs is 1. The van der Waals surface area contributed by atoms with E-state index >= 15 is 0 Å². The van der Waals surface area contributed by atoms with Gasteiger partial charge in [-0.15, -0.1) is 0 Å². The number of piperidine rings is 2. The van der Waals surface area contributed by atoms with Crippen LogP contribution in [0.1, 0.15) is 43.0 Å². The van der Waals surface area contributed by atoms with Crippen LogP contribution in [0.4, 0.5) is 5.13 Å². The van der Waals surface area contributed by atoms with Gasteiger partial charge in [-0.2, -0.15) is 0 Å². The number of primary amides is 1. The average molecular weight is 387 g/mol. The fraction of sp³-hybridized carbons (Fsp3) is 0.550. The quantitative estimate of drug-likeness (QED) is 0.880. The molecule has 3 heterocycles. The summed E-state index contributed by atoms with van der Waals surface area (Å²) in [6.07, 6.45) is 3.73. The van der Waals surface area contributed by atoms with E-state index in [-0.39, 0.29) is 17.7 Å². The first-order chi connectivity index (χ1) is 13.0. The highest BCUT2D eigenvalue weighted by Gasteiger charge is 2.27. The predicted molar refractivity (Wildman–Crippen MR) is 108 cm³/mol. The molecule has 4 rings (SSSR count). The molecule has 2 amide bonds. The largest absolute Gasteiger partial charge is 0.369 e. The van der Waals surface area contributed by atoms with Gasteiger partial charge in [-0.3, -0.25) is 9.59 Å². The lowest BCUT2D eigenvalue weighted by Crippen LogP contribution is -2.41. The second-order valence-corrected chi connectivity index (χ2v) is 8.83. The minimum absolute atomic E-state index is 0.0292. The number of carbonyl (C=O) groups is 2. The molecule has 1 aromatic carbocycles. The van der Waals surface area contributed by atoms with Crippen LogP contribution >= 0.6 is 11.3 Å². The van der Waals surface area contributed by atoms with Crippen LogP contribution in [-0.4, -0.2) is 47.9 Å². The lowest BCUT2D eigenvalue weighted by Gasteiger charge is -2.30. The van der Waals surface area contributed by atoms with E-state index < -0.39 is 0 Å². The zero-order valence-corrected chi connectivity index (χ0v) is 16.5. The first kappa shape index (κ1) is 18.2. The highest BCUT2D eigenvalue weighted by Crippen LogP contribution is 2.32. The minimum atomic E-state index is -0.257. The molecule has 2 saturated heterocycles. The number of aromatic nitrogens is 1. The fourth-order valence-corrected chi connectivity index (χ4v) is 4.99. The second-order valence-electron chi connectivity index (χ2n) is 7.82. The van der Waals surface area contributed by atoms with Gasteiger partial charge in [0.05, 0.1) is 10.2 Å². The van der Waals surface area contributed by atoms with Crippen molar-refractivity contribution in [3.05, 3.63) is 23.8 Å². The summed E-state index contributed by atoms with van der Waals surface area (Å²) in [7, 11) is 0. The molecule has 27 heavy (non-hydrogen) atoms. The lowest BCUT2D eigenvalue weighted by atomic mass is 9.96. The maximum absolute atomic E-state index is 12.8. The van der Waals surface area contributed by atoms with Crippen molar-refractivity contribution in [3.63, 3.8) is 0 Å². The molecule has 6 nitrogen and oxygen atoms in total. The number of rotatable bonds is 3. The standard InChI is InChI=1S/C20H26N4O2S/c1-13-4-8-24(9-5-13)20-22-16-3-2-15(12-17(16)27-20)19(26)23-10-6-14(7-11-23)18(21)25/h2-3,12-14H,4-11H2,1H3,(H2,21,25). The molecule has 7 heteroatoms. The lowest BCUT2D eigenvalue weighted by molar-refractivity contribution is -0.123. The van der Waals surface area contributed by atoms with Crippen LogP contribution in [-0.2, 0) is 4.79 Å². The Kier molecular flexibility index (Phi) is 5.04. The molecule has 0 unspecified atom stereocenters. The van der Waals surface area contributed by atoms with Gasteiger partial charge in [0.15, 0.2) is 5.13 Å². The molecule has 0 atom stereocenters. The van der Waals surface area contributed by atoms with Crippen molar-refractivity contribution in [3.8, 4) is 0 Å². The number of nitrogens with zero attached hydrogens (tertiary/aromatic N) is 3. The third kappa shape index (κ3) is 3.78. The van der Waals surface area contributed by atoms with Gasteiger partial charge < -0.3 is 15.5 Å². The molecule has 2 N–H and O–H groups in total. The summed E-state index contributed by atoms with van der Waals surface area (Å²) < 4.78 is 1.06. The van der Waals surface area contributed by atoms with Crippen molar-refractivity contribution in [1.82, 2.24) is 9.88 Å². The van der Waals surface area contributed by atoms with Crippen molar-refractivity contribution in [2.75, 3.05) is 31.1 Å². The molecule has 0 saturated carbocycles. The van der Waals surface area contributed by atoms with Crippen molar-refractivity contribution < 1.29 is 9.59 Å².